The van der Waals surface area contributed by atoms with Gasteiger partial charge in [0, 0.05) is 84.1 Å². The number of H-pyrrole nitrogens is 1. The standard InChI is InChI=1S/C18H20N4.C12H10N2.C6H8N2.C6H8O2.2C2H4O2.CH4.H2O4S/c1-3-7-15(8-4-1)19-21-17-11-13-18(14-12-17)22-20-16-9-5-2-6-10-16;13-8-5-6-12-10(7-8)9-3-1-2-4-11(9)14-12;7-8-6-4-2-1-3-5-6;7-5-1-2-6(8)4-3-5;2*1-2(3)4;;1-5(2,3)4/h1-10,19-20H,11-14H2;1-7,14H,13H2;1-5,8H,7H2;1-4H2;2*1H3,(H,3,4);1H4;(H2,1,2,3,4). The van der Waals surface area contributed by atoms with E-state index in [0.717, 1.165) is 73.3 Å². The lowest BCUT2D eigenvalue weighted by Gasteiger charge is -2.15. The number of aromatic amines is 1. The van der Waals surface area contributed by atoms with Gasteiger partial charge in [-0.1, -0.05) is 80.2 Å². The van der Waals surface area contributed by atoms with Crippen LogP contribution in [0, 0.1) is 0 Å². The minimum atomic E-state index is -4.67. The summed E-state index contributed by atoms with van der Waals surface area (Å²) in [5.74, 6) is 3.91. The number of aromatic nitrogens is 1. The lowest BCUT2D eigenvalue weighted by Crippen LogP contribution is -2.16. The van der Waals surface area contributed by atoms with E-state index in [2.05, 4.69) is 43.6 Å². The molecule has 1 aromatic heterocycles. The molecule has 12 N–H and O–H groups in total. The molecule has 354 valence electrons. The molecule has 8 rings (SSSR count). The molecule has 6 aromatic rings. The van der Waals surface area contributed by atoms with Gasteiger partial charge in [-0.3, -0.25) is 45.0 Å². The number of hydrazone groups is 2. The molecule has 1 heterocycles. The summed E-state index contributed by atoms with van der Waals surface area (Å²) in [6.07, 6.45) is 5.81. The number of benzene rings is 5. The van der Waals surface area contributed by atoms with E-state index in [9.17, 15) is 9.59 Å². The summed E-state index contributed by atoms with van der Waals surface area (Å²) < 4.78 is 31.6. The van der Waals surface area contributed by atoms with Gasteiger partial charge in [-0.05, 0) is 86.3 Å². The first kappa shape index (κ1) is 56.6. The molecule has 0 radical (unpaired) electrons. The van der Waals surface area contributed by atoms with E-state index in [1.165, 1.54) is 22.2 Å². The summed E-state index contributed by atoms with van der Waals surface area (Å²) in [6.45, 7) is 2.17. The summed E-state index contributed by atoms with van der Waals surface area (Å²) in [5, 5.41) is 26.3. The number of hydrazine groups is 1. The molecule has 0 bridgehead atoms. The maximum atomic E-state index is 10.5. The van der Waals surface area contributed by atoms with Crippen LogP contribution in [0.2, 0.25) is 0 Å². The summed E-state index contributed by atoms with van der Waals surface area (Å²) in [6, 6.07) is 43.9. The summed E-state index contributed by atoms with van der Waals surface area (Å²) >= 11 is 0. The van der Waals surface area contributed by atoms with Crippen LogP contribution in [-0.2, 0) is 29.6 Å². The fourth-order valence-corrected chi connectivity index (χ4v) is 5.57. The molecule has 18 nitrogen and oxygen atoms in total. The van der Waals surface area contributed by atoms with E-state index < -0.39 is 22.3 Å². The predicted octanol–water partition coefficient (Wildman–Crippen LogP) is 9.24. The zero-order chi connectivity index (χ0) is 48.0. The molecular weight excluding hydrogens is 869 g/mol. The number of fused-ring (bicyclic) bond motifs is 3. The van der Waals surface area contributed by atoms with Crippen LogP contribution < -0.4 is 27.9 Å². The third kappa shape index (κ3) is 26.9. The molecule has 0 unspecified atom stereocenters. The highest BCUT2D eigenvalue weighted by Gasteiger charge is 2.14. The first-order chi connectivity index (χ1) is 30.9. The lowest BCUT2D eigenvalue weighted by atomic mass is 9.97. The molecule has 0 aliphatic heterocycles. The number of nitrogens with two attached hydrogens (primary N) is 2. The van der Waals surface area contributed by atoms with E-state index >= 15 is 0 Å². The SMILES string of the molecule is C.CC(=O)O.CC(=O)O.NNc1ccccc1.Nc1ccc2[nH]c3ccccc3c2c1.O=C1CCC(=O)CC1.O=S(=O)(O)O.c1ccc(NN=C2CCC(=NNc3ccccc3)CC2)cc1. The number of aliphatic carboxylic acids is 2. The predicted molar refractivity (Wildman–Crippen MR) is 264 cm³/mol. The van der Waals surface area contributed by atoms with Crippen molar-refractivity contribution in [3.63, 3.8) is 0 Å². The number of nitrogens with one attached hydrogen (secondary N) is 4. The maximum absolute atomic E-state index is 10.5. The molecule has 2 aliphatic rings. The molecule has 0 spiro atoms. The zero-order valence-electron chi connectivity index (χ0n) is 36.1. The Balaban J connectivity index is 0.000000426. The van der Waals surface area contributed by atoms with Crippen molar-refractivity contribution in [1.82, 2.24) is 4.98 Å². The number of Topliss-reactive ketones (excluding diaryl/α,β-unsaturated/α-hetero) is 2. The maximum Gasteiger partial charge on any atom is 0.394 e. The van der Waals surface area contributed by atoms with Gasteiger partial charge < -0.3 is 26.4 Å². The van der Waals surface area contributed by atoms with E-state index in [-0.39, 0.29) is 19.0 Å². The number of hydrogen-bond donors (Lipinski definition) is 10. The Labute approximate surface area is 384 Å². The summed E-state index contributed by atoms with van der Waals surface area (Å²) in [4.78, 5) is 42.3. The number of carboxylic acids is 2. The van der Waals surface area contributed by atoms with Crippen molar-refractivity contribution in [2.24, 2.45) is 16.0 Å². The number of ketones is 2. The molecule has 5 aromatic carbocycles. The Kier molecular flexibility index (Phi) is 26.9. The number of anilines is 4. The largest absolute Gasteiger partial charge is 0.481 e. The van der Waals surface area contributed by atoms with Gasteiger partial charge >= 0.3 is 10.4 Å². The van der Waals surface area contributed by atoms with Crippen LogP contribution in [0.25, 0.3) is 21.8 Å². The van der Waals surface area contributed by atoms with Gasteiger partial charge in [-0.25, -0.2) is 0 Å². The molecule has 0 amide bonds. The first-order valence-electron chi connectivity index (χ1n) is 20.1. The molecule has 19 heteroatoms. The van der Waals surface area contributed by atoms with Gasteiger partial charge in [0.2, 0.25) is 0 Å². The van der Waals surface area contributed by atoms with Gasteiger partial charge in [0.1, 0.15) is 11.6 Å². The van der Waals surface area contributed by atoms with Crippen molar-refractivity contribution >= 4 is 89.9 Å². The van der Waals surface area contributed by atoms with E-state index in [0.29, 0.717) is 25.7 Å². The molecule has 2 aliphatic carbocycles. The molecule has 2 fully saturated rings. The van der Waals surface area contributed by atoms with Crippen LogP contribution >= 0.6 is 0 Å². The van der Waals surface area contributed by atoms with Gasteiger partial charge in [-0.15, -0.1) is 0 Å². The summed E-state index contributed by atoms with van der Waals surface area (Å²) in [7, 11) is -4.67. The minimum Gasteiger partial charge on any atom is -0.481 e. The third-order valence-electron chi connectivity index (χ3n) is 8.47. The van der Waals surface area contributed by atoms with E-state index in [1.54, 1.807) is 0 Å². The second-order valence-electron chi connectivity index (χ2n) is 13.9. The quantitative estimate of drug-likeness (QED) is 0.0333. The normalized spacial score (nSPS) is 12.4. The van der Waals surface area contributed by atoms with Crippen molar-refractivity contribution in [2.75, 3.05) is 22.0 Å². The van der Waals surface area contributed by atoms with Gasteiger partial charge in [0.05, 0.1) is 11.4 Å². The van der Waals surface area contributed by atoms with Crippen molar-refractivity contribution in [1.29, 1.82) is 0 Å². The van der Waals surface area contributed by atoms with Crippen LogP contribution in [0.1, 0.15) is 72.6 Å². The van der Waals surface area contributed by atoms with Crippen LogP contribution in [0.5, 0.6) is 0 Å². The number of carbonyl (C=O) groups excluding carboxylic acids is 2. The zero-order valence-corrected chi connectivity index (χ0v) is 36.9. The average molecular weight is 929 g/mol. The van der Waals surface area contributed by atoms with Gasteiger partial charge in [0.15, 0.2) is 0 Å². The van der Waals surface area contributed by atoms with E-state index in [4.69, 9.17) is 48.9 Å². The number of nitrogens with zero attached hydrogens (tertiary/aromatic N) is 2. The van der Waals surface area contributed by atoms with E-state index in [1.807, 2.05) is 121 Å². The monoisotopic (exact) mass is 928 g/mol. The highest BCUT2D eigenvalue weighted by atomic mass is 32.3. The highest BCUT2D eigenvalue weighted by molar-refractivity contribution is 7.79. The molecule has 0 saturated heterocycles. The Bertz CT molecular complexity index is 2430. The van der Waals surface area contributed by atoms with Crippen molar-refractivity contribution in [2.45, 2.75) is 72.6 Å². The smallest absolute Gasteiger partial charge is 0.394 e. The van der Waals surface area contributed by atoms with Crippen LogP contribution in [-0.4, -0.2) is 67.6 Å². The second kappa shape index (κ2) is 31.4. The Hall–Kier alpha value is -7.45. The van der Waals surface area contributed by atoms with Crippen LogP contribution in [0.3, 0.4) is 0 Å². The molecule has 2 saturated carbocycles. The topological polar surface area (TPSA) is 312 Å². The Morgan fingerprint density at radius 1 is 0.561 bits per heavy atom. The average Bonchev–Trinajstić information content (AvgIpc) is 3.65. The fourth-order valence-electron chi connectivity index (χ4n) is 5.57. The van der Waals surface area contributed by atoms with Crippen molar-refractivity contribution in [3.05, 3.63) is 133 Å². The molecule has 0 atom stereocenters. The summed E-state index contributed by atoms with van der Waals surface area (Å²) in [5.41, 5.74) is 23.0. The van der Waals surface area contributed by atoms with Gasteiger partial charge in [-0.2, -0.15) is 18.6 Å². The number of carboxylic acid groups (broad SMARTS) is 2. The van der Waals surface area contributed by atoms with Crippen molar-refractivity contribution < 1.29 is 46.9 Å². The number of rotatable bonds is 5. The molecular formula is C47H60N8O10S. The second-order valence-corrected chi connectivity index (χ2v) is 14.8. The van der Waals surface area contributed by atoms with Crippen LogP contribution in [0.15, 0.2) is 144 Å². The van der Waals surface area contributed by atoms with Crippen LogP contribution in [0.4, 0.5) is 22.7 Å². The Morgan fingerprint density at radius 3 is 1.26 bits per heavy atom. The molecule has 66 heavy (non-hydrogen) atoms. The number of nitrogen functional groups attached to an aromatic ring is 2. The number of para-hydroxylation sites is 4. The lowest BCUT2D eigenvalue weighted by molar-refractivity contribution is -0.135. The minimum absolute atomic E-state index is 0. The van der Waals surface area contributed by atoms with Crippen molar-refractivity contribution in [3.8, 4) is 0 Å². The first-order valence-corrected chi connectivity index (χ1v) is 21.5. The third-order valence-corrected chi connectivity index (χ3v) is 8.47. The van der Waals surface area contributed by atoms with Gasteiger partial charge in [0.25, 0.3) is 11.9 Å². The number of hydrogen-bond acceptors (Lipinski definition) is 13. The fraction of sp³-hybridized carbons (Fsp3) is 0.234. The Morgan fingerprint density at radius 2 is 0.894 bits per heavy atom. The highest BCUT2D eigenvalue weighted by Crippen LogP contribution is 2.26. The number of carbonyl (C=O) groups is 4.